The second-order valence-corrected chi connectivity index (χ2v) is 5.11. The van der Waals surface area contributed by atoms with Gasteiger partial charge in [-0.25, -0.2) is 0 Å². The van der Waals surface area contributed by atoms with E-state index >= 15 is 0 Å². The first-order chi connectivity index (χ1) is 9.22. The first kappa shape index (κ1) is 14.2. The molecular formula is C15H23NO3. The van der Waals surface area contributed by atoms with E-state index in [0.29, 0.717) is 13.2 Å². The molecule has 4 heteroatoms. The highest BCUT2D eigenvalue weighted by Gasteiger charge is 2.41. The van der Waals surface area contributed by atoms with Crippen LogP contribution in [0.2, 0.25) is 0 Å². The van der Waals surface area contributed by atoms with Crippen molar-refractivity contribution in [2.45, 2.75) is 31.3 Å². The topological polar surface area (TPSA) is 53.7 Å². The van der Waals surface area contributed by atoms with Crippen LogP contribution in [0, 0.1) is 0 Å². The van der Waals surface area contributed by atoms with Crippen molar-refractivity contribution in [3.05, 3.63) is 23.3 Å². The molecule has 1 aromatic carbocycles. The maximum atomic E-state index is 6.04. The molecule has 0 aromatic heterocycles. The minimum absolute atomic E-state index is 0.0216. The van der Waals surface area contributed by atoms with E-state index in [9.17, 15) is 0 Å². The Hall–Kier alpha value is -1.26. The van der Waals surface area contributed by atoms with Crippen LogP contribution < -0.4 is 15.2 Å². The Kier molecular flexibility index (Phi) is 4.32. The molecule has 1 aliphatic carbocycles. The van der Waals surface area contributed by atoms with Crippen LogP contribution in [0.5, 0.6) is 11.5 Å². The Bertz CT molecular complexity index is 436. The minimum atomic E-state index is 0.0216. The minimum Gasteiger partial charge on any atom is -0.493 e. The van der Waals surface area contributed by atoms with Gasteiger partial charge in [-0.3, -0.25) is 0 Å². The first-order valence-corrected chi connectivity index (χ1v) is 6.65. The van der Waals surface area contributed by atoms with Crippen LogP contribution in [0.1, 0.15) is 30.4 Å². The molecule has 1 aromatic rings. The van der Waals surface area contributed by atoms with Gasteiger partial charge in [0.05, 0.1) is 20.8 Å². The first-order valence-electron chi connectivity index (χ1n) is 6.65. The van der Waals surface area contributed by atoms with Gasteiger partial charge in [-0.1, -0.05) is 12.5 Å². The van der Waals surface area contributed by atoms with E-state index in [4.69, 9.17) is 19.9 Å². The van der Waals surface area contributed by atoms with E-state index < -0.39 is 0 Å². The van der Waals surface area contributed by atoms with Crippen molar-refractivity contribution in [1.29, 1.82) is 0 Å². The Morgan fingerprint density at radius 3 is 2.32 bits per heavy atom. The lowest BCUT2D eigenvalue weighted by molar-refractivity contribution is 0.176. The van der Waals surface area contributed by atoms with Gasteiger partial charge in [-0.05, 0) is 24.5 Å². The summed E-state index contributed by atoms with van der Waals surface area (Å²) in [7, 11) is 5.05. The van der Waals surface area contributed by atoms with Crippen LogP contribution in [0.25, 0.3) is 0 Å². The molecule has 4 nitrogen and oxygen atoms in total. The number of ether oxygens (including phenoxy) is 3. The Morgan fingerprint density at radius 1 is 1.16 bits per heavy atom. The summed E-state index contributed by atoms with van der Waals surface area (Å²) in [5.74, 6) is 1.57. The Balaban J connectivity index is 2.58. The fourth-order valence-electron chi connectivity index (χ4n) is 2.98. The summed E-state index contributed by atoms with van der Waals surface area (Å²) in [6.45, 7) is 1.20. The summed E-state index contributed by atoms with van der Waals surface area (Å²) >= 11 is 0. The number of methoxy groups -OCH3 is 3. The third-order valence-corrected chi connectivity index (χ3v) is 4.16. The van der Waals surface area contributed by atoms with Gasteiger partial charge in [0, 0.05) is 24.6 Å². The zero-order chi connectivity index (χ0) is 13.9. The van der Waals surface area contributed by atoms with Crippen molar-refractivity contribution in [2.24, 2.45) is 5.73 Å². The van der Waals surface area contributed by atoms with Crippen molar-refractivity contribution in [1.82, 2.24) is 0 Å². The number of hydrogen-bond donors (Lipinski definition) is 1. The predicted octanol–water partition coefficient (Wildman–Crippen LogP) is 2.23. The molecule has 2 N–H and O–H groups in total. The van der Waals surface area contributed by atoms with Gasteiger partial charge in [0.1, 0.15) is 0 Å². The van der Waals surface area contributed by atoms with E-state index in [0.717, 1.165) is 29.9 Å². The molecule has 0 saturated heterocycles. The van der Waals surface area contributed by atoms with Crippen LogP contribution >= 0.6 is 0 Å². The van der Waals surface area contributed by atoms with Gasteiger partial charge in [0.2, 0.25) is 0 Å². The molecule has 0 radical (unpaired) electrons. The van der Waals surface area contributed by atoms with E-state index in [2.05, 4.69) is 6.07 Å². The number of hydrogen-bond acceptors (Lipinski definition) is 4. The lowest BCUT2D eigenvalue weighted by Crippen LogP contribution is -2.42. The highest BCUT2D eigenvalue weighted by molar-refractivity contribution is 5.55. The van der Waals surface area contributed by atoms with Crippen molar-refractivity contribution in [3.63, 3.8) is 0 Å². The molecule has 0 unspecified atom stereocenters. The lowest BCUT2D eigenvalue weighted by atomic mass is 9.63. The highest BCUT2D eigenvalue weighted by Crippen LogP contribution is 2.50. The largest absolute Gasteiger partial charge is 0.493 e. The molecular weight excluding hydrogens is 242 g/mol. The molecule has 0 bridgehead atoms. The smallest absolute Gasteiger partial charge is 0.164 e. The lowest BCUT2D eigenvalue weighted by Gasteiger charge is -2.43. The summed E-state index contributed by atoms with van der Waals surface area (Å²) in [5.41, 5.74) is 8.38. The number of nitrogens with two attached hydrogens (primary N) is 1. The predicted molar refractivity (Wildman–Crippen MR) is 74.8 cm³/mol. The second-order valence-electron chi connectivity index (χ2n) is 5.11. The van der Waals surface area contributed by atoms with E-state index in [-0.39, 0.29) is 5.41 Å². The normalized spacial score (nSPS) is 16.8. The van der Waals surface area contributed by atoms with Gasteiger partial charge in [0.15, 0.2) is 11.5 Å². The number of rotatable bonds is 6. The zero-order valence-corrected chi connectivity index (χ0v) is 12.0. The van der Waals surface area contributed by atoms with Crippen LogP contribution in [-0.4, -0.2) is 27.9 Å². The standard InChI is InChI=1S/C15H23NO3/c1-17-9-11-5-6-12(18-2)14(19-3)13(11)15(10-16)7-4-8-15/h5-6H,4,7-10,16H2,1-3H3. The fraction of sp³-hybridized carbons (Fsp3) is 0.600. The van der Waals surface area contributed by atoms with Gasteiger partial charge in [-0.15, -0.1) is 0 Å². The van der Waals surface area contributed by atoms with Crippen LogP contribution in [0.4, 0.5) is 0 Å². The molecule has 0 heterocycles. The van der Waals surface area contributed by atoms with E-state index in [1.165, 1.54) is 12.0 Å². The summed E-state index contributed by atoms with van der Waals surface area (Å²) in [5, 5.41) is 0. The van der Waals surface area contributed by atoms with Gasteiger partial charge >= 0.3 is 0 Å². The van der Waals surface area contributed by atoms with Crippen molar-refractivity contribution in [2.75, 3.05) is 27.9 Å². The molecule has 1 fully saturated rings. The maximum Gasteiger partial charge on any atom is 0.164 e. The summed E-state index contributed by atoms with van der Waals surface area (Å²) < 4.78 is 16.3. The van der Waals surface area contributed by atoms with Gasteiger partial charge in [0.25, 0.3) is 0 Å². The molecule has 0 amide bonds. The van der Waals surface area contributed by atoms with Gasteiger partial charge in [-0.2, -0.15) is 0 Å². The van der Waals surface area contributed by atoms with Crippen molar-refractivity contribution < 1.29 is 14.2 Å². The summed E-state index contributed by atoms with van der Waals surface area (Å²) in [4.78, 5) is 0. The average molecular weight is 265 g/mol. The van der Waals surface area contributed by atoms with E-state index in [1.54, 1.807) is 21.3 Å². The molecule has 1 aliphatic rings. The van der Waals surface area contributed by atoms with Crippen molar-refractivity contribution >= 4 is 0 Å². The van der Waals surface area contributed by atoms with Crippen LogP contribution in [0.15, 0.2) is 12.1 Å². The molecule has 0 atom stereocenters. The van der Waals surface area contributed by atoms with Gasteiger partial charge < -0.3 is 19.9 Å². The molecule has 0 spiro atoms. The molecule has 2 rings (SSSR count). The quantitative estimate of drug-likeness (QED) is 0.857. The Morgan fingerprint density at radius 2 is 1.89 bits per heavy atom. The third kappa shape index (κ3) is 2.30. The van der Waals surface area contributed by atoms with Crippen LogP contribution in [0.3, 0.4) is 0 Å². The SMILES string of the molecule is COCc1ccc(OC)c(OC)c1C1(CN)CCC1. The number of benzene rings is 1. The fourth-order valence-corrected chi connectivity index (χ4v) is 2.98. The zero-order valence-electron chi connectivity index (χ0n) is 12.0. The molecule has 0 aliphatic heterocycles. The monoisotopic (exact) mass is 265 g/mol. The molecule has 1 saturated carbocycles. The Labute approximate surface area is 114 Å². The van der Waals surface area contributed by atoms with Crippen molar-refractivity contribution in [3.8, 4) is 11.5 Å². The summed E-state index contributed by atoms with van der Waals surface area (Å²) in [6.07, 6.45) is 3.41. The van der Waals surface area contributed by atoms with E-state index in [1.807, 2.05) is 6.07 Å². The maximum absolute atomic E-state index is 6.04. The second kappa shape index (κ2) is 5.80. The third-order valence-electron chi connectivity index (χ3n) is 4.16. The average Bonchev–Trinajstić information content (AvgIpc) is 2.39. The molecule has 19 heavy (non-hydrogen) atoms. The van der Waals surface area contributed by atoms with Crippen LogP contribution in [-0.2, 0) is 16.8 Å². The highest BCUT2D eigenvalue weighted by atomic mass is 16.5. The molecule has 106 valence electrons. The summed E-state index contributed by atoms with van der Waals surface area (Å²) in [6, 6.07) is 3.98.